The molecule has 2 aliphatic rings. The number of hydrogen-bond donors (Lipinski definition) is 1. The number of aliphatic hydroxyl groups excluding tert-OH is 1. The molecule has 122 valence electrons. The van der Waals surface area contributed by atoms with Gasteiger partial charge in [-0.2, -0.15) is 0 Å². The monoisotopic (exact) mass is 311 g/mol. The van der Waals surface area contributed by atoms with Crippen molar-refractivity contribution in [2.24, 2.45) is 5.41 Å². The average molecular weight is 311 g/mol. The summed E-state index contributed by atoms with van der Waals surface area (Å²) in [6.45, 7) is 8.18. The Morgan fingerprint density at radius 2 is 2.05 bits per heavy atom. The van der Waals surface area contributed by atoms with E-state index in [0.717, 1.165) is 4.90 Å². The van der Waals surface area contributed by atoms with Crippen molar-refractivity contribution in [1.82, 2.24) is 4.90 Å². The zero-order chi connectivity index (χ0) is 16.9. The number of hydrogen-bond acceptors (Lipinski definition) is 6. The number of fused-ring (bicyclic) bond motifs is 1. The number of rotatable bonds is 3. The molecule has 0 bridgehead atoms. The molecule has 0 spiro atoms. The van der Waals surface area contributed by atoms with Crippen molar-refractivity contribution in [3.05, 3.63) is 11.3 Å². The Bertz CT molecular complexity index is 573. The summed E-state index contributed by atoms with van der Waals surface area (Å²) in [4.78, 5) is 37.9. The van der Waals surface area contributed by atoms with Crippen molar-refractivity contribution >= 4 is 17.7 Å². The molecule has 0 aromatic heterocycles. The van der Waals surface area contributed by atoms with Gasteiger partial charge in [0.05, 0.1) is 13.2 Å². The van der Waals surface area contributed by atoms with Crippen LogP contribution in [0.15, 0.2) is 11.3 Å². The summed E-state index contributed by atoms with van der Waals surface area (Å²) < 4.78 is 10.6. The second-order valence-corrected chi connectivity index (χ2v) is 6.57. The van der Waals surface area contributed by atoms with Gasteiger partial charge < -0.3 is 14.6 Å². The van der Waals surface area contributed by atoms with Gasteiger partial charge in [0.1, 0.15) is 17.6 Å². The Morgan fingerprint density at radius 1 is 1.45 bits per heavy atom. The second-order valence-electron chi connectivity index (χ2n) is 6.57. The highest BCUT2D eigenvalue weighted by Crippen LogP contribution is 2.46. The molecule has 0 aliphatic carbocycles. The third-order valence-corrected chi connectivity index (χ3v) is 3.86. The predicted molar refractivity (Wildman–Crippen MR) is 75.7 cm³/mol. The summed E-state index contributed by atoms with van der Waals surface area (Å²) in [6.07, 6.45) is -0.747. The maximum atomic E-state index is 12.6. The topological polar surface area (TPSA) is 93.1 Å². The number of ketones is 1. The van der Waals surface area contributed by atoms with Gasteiger partial charge in [-0.1, -0.05) is 20.8 Å². The van der Waals surface area contributed by atoms with Crippen LogP contribution in [0, 0.1) is 5.41 Å². The molecule has 2 heterocycles. The van der Waals surface area contributed by atoms with Crippen molar-refractivity contribution in [3.63, 3.8) is 0 Å². The number of esters is 1. The molecule has 0 radical (unpaired) electrons. The van der Waals surface area contributed by atoms with Crippen LogP contribution in [0.3, 0.4) is 0 Å². The molecule has 0 aromatic carbocycles. The minimum Gasteiger partial charge on any atom is -0.508 e. The van der Waals surface area contributed by atoms with Gasteiger partial charge in [-0.15, -0.1) is 0 Å². The minimum absolute atomic E-state index is 0.0888. The highest BCUT2D eigenvalue weighted by Gasteiger charge is 2.67. The van der Waals surface area contributed by atoms with E-state index in [4.69, 9.17) is 9.47 Å². The quantitative estimate of drug-likeness (QED) is 0.616. The van der Waals surface area contributed by atoms with Crippen molar-refractivity contribution in [1.29, 1.82) is 0 Å². The van der Waals surface area contributed by atoms with E-state index < -0.39 is 40.6 Å². The normalized spacial score (nSPS) is 28.1. The average Bonchev–Trinajstić information content (AvgIpc) is 2.87. The lowest BCUT2D eigenvalue weighted by Crippen LogP contribution is -2.57. The van der Waals surface area contributed by atoms with Crippen molar-refractivity contribution in [2.45, 2.75) is 46.4 Å². The first-order chi connectivity index (χ1) is 10.1. The number of ether oxygens (including phenoxy) is 2. The zero-order valence-corrected chi connectivity index (χ0v) is 13.4. The van der Waals surface area contributed by atoms with Gasteiger partial charge in [-0.25, -0.2) is 4.79 Å². The SMILES string of the molecule is CCOC(=O)[C@]12CO[C@H](C(C)(C)C)N1C(=O)C(C(C)=O)=C2O. The Balaban J connectivity index is 2.61. The summed E-state index contributed by atoms with van der Waals surface area (Å²) in [5, 5.41) is 10.4. The lowest BCUT2D eigenvalue weighted by Gasteiger charge is -2.36. The molecule has 0 saturated carbocycles. The summed E-state index contributed by atoms with van der Waals surface area (Å²) in [5.74, 6) is -2.65. The lowest BCUT2D eigenvalue weighted by molar-refractivity contribution is -0.160. The molecule has 1 amide bonds. The molecule has 2 atom stereocenters. The van der Waals surface area contributed by atoms with Crippen LogP contribution in [0.2, 0.25) is 0 Å². The minimum atomic E-state index is -1.76. The number of nitrogens with zero attached hydrogens (tertiary/aromatic N) is 1. The molecular weight excluding hydrogens is 290 g/mol. The van der Waals surface area contributed by atoms with Crippen LogP contribution < -0.4 is 0 Å². The zero-order valence-electron chi connectivity index (χ0n) is 13.4. The standard InChI is InChI=1S/C15H21NO6/c1-6-21-13(20)15-7-22-12(14(3,4)5)16(15)11(19)9(8(2)17)10(15)18/h12,18H,6-7H2,1-5H3/t12-,15-/m1/s1. The van der Waals surface area contributed by atoms with Crippen molar-refractivity contribution < 1.29 is 29.0 Å². The number of carbonyl (C=O) groups excluding carboxylic acids is 3. The first kappa shape index (κ1) is 16.5. The summed E-state index contributed by atoms with van der Waals surface area (Å²) >= 11 is 0. The first-order valence-electron chi connectivity index (χ1n) is 7.16. The number of carbonyl (C=O) groups is 3. The van der Waals surface area contributed by atoms with E-state index in [0.29, 0.717) is 0 Å². The van der Waals surface area contributed by atoms with E-state index in [1.165, 1.54) is 6.92 Å². The number of aliphatic hydroxyl groups is 1. The van der Waals surface area contributed by atoms with Gasteiger partial charge in [0, 0.05) is 5.41 Å². The Kier molecular flexibility index (Phi) is 3.81. The molecular formula is C15H21NO6. The molecule has 7 nitrogen and oxygen atoms in total. The van der Waals surface area contributed by atoms with Gasteiger partial charge in [-0.05, 0) is 13.8 Å². The first-order valence-corrected chi connectivity index (χ1v) is 7.16. The van der Waals surface area contributed by atoms with Gasteiger partial charge in [0.2, 0.25) is 5.54 Å². The Morgan fingerprint density at radius 3 is 2.50 bits per heavy atom. The maximum absolute atomic E-state index is 12.6. The predicted octanol–water partition coefficient (Wildman–Crippen LogP) is 0.934. The maximum Gasteiger partial charge on any atom is 0.342 e. The van der Waals surface area contributed by atoms with Crippen LogP contribution >= 0.6 is 0 Å². The van der Waals surface area contributed by atoms with E-state index in [-0.39, 0.29) is 18.8 Å². The fraction of sp³-hybridized carbons (Fsp3) is 0.667. The molecule has 22 heavy (non-hydrogen) atoms. The van der Waals surface area contributed by atoms with Gasteiger partial charge in [-0.3, -0.25) is 14.5 Å². The second kappa shape index (κ2) is 5.08. The molecule has 0 aromatic rings. The highest BCUT2D eigenvalue weighted by atomic mass is 16.6. The van der Waals surface area contributed by atoms with E-state index in [9.17, 15) is 19.5 Å². The van der Waals surface area contributed by atoms with Crippen LogP contribution in [0.5, 0.6) is 0 Å². The van der Waals surface area contributed by atoms with Gasteiger partial charge in [0.25, 0.3) is 5.91 Å². The van der Waals surface area contributed by atoms with Gasteiger partial charge >= 0.3 is 5.97 Å². The number of amides is 1. The van der Waals surface area contributed by atoms with Crippen LogP contribution in [0.25, 0.3) is 0 Å². The lowest BCUT2D eigenvalue weighted by atomic mass is 9.91. The van der Waals surface area contributed by atoms with Crippen LogP contribution in [-0.2, 0) is 23.9 Å². The summed E-state index contributed by atoms with van der Waals surface area (Å²) in [7, 11) is 0. The van der Waals surface area contributed by atoms with Crippen molar-refractivity contribution in [3.8, 4) is 0 Å². The number of Topliss-reactive ketones (excluding diaryl/α,β-unsaturated/α-hetero) is 1. The third kappa shape index (κ3) is 2.03. The fourth-order valence-electron chi connectivity index (χ4n) is 2.89. The third-order valence-electron chi connectivity index (χ3n) is 3.86. The Labute approximate surface area is 128 Å². The van der Waals surface area contributed by atoms with Crippen LogP contribution in [0.4, 0.5) is 0 Å². The highest BCUT2D eigenvalue weighted by molar-refractivity contribution is 6.23. The van der Waals surface area contributed by atoms with Crippen LogP contribution in [0.1, 0.15) is 34.6 Å². The van der Waals surface area contributed by atoms with E-state index in [1.54, 1.807) is 6.92 Å². The van der Waals surface area contributed by atoms with E-state index in [2.05, 4.69) is 0 Å². The molecule has 2 aliphatic heterocycles. The summed E-state index contributed by atoms with van der Waals surface area (Å²) in [6, 6.07) is 0. The molecule has 1 fully saturated rings. The molecule has 2 rings (SSSR count). The molecule has 1 saturated heterocycles. The molecule has 7 heteroatoms. The smallest absolute Gasteiger partial charge is 0.342 e. The summed E-state index contributed by atoms with van der Waals surface area (Å²) in [5.41, 5.74) is -2.63. The molecule has 1 N–H and O–H groups in total. The van der Waals surface area contributed by atoms with Crippen LogP contribution in [-0.4, -0.2) is 52.6 Å². The molecule has 0 unspecified atom stereocenters. The fourth-order valence-corrected chi connectivity index (χ4v) is 2.89. The van der Waals surface area contributed by atoms with E-state index >= 15 is 0 Å². The van der Waals surface area contributed by atoms with Crippen molar-refractivity contribution in [2.75, 3.05) is 13.2 Å². The van der Waals surface area contributed by atoms with Gasteiger partial charge in [0.15, 0.2) is 5.78 Å². The van der Waals surface area contributed by atoms with E-state index in [1.807, 2.05) is 20.8 Å². The Hall–Kier alpha value is -1.89. The largest absolute Gasteiger partial charge is 0.508 e.